The first-order chi connectivity index (χ1) is 19.5. The molecule has 0 bridgehead atoms. The summed E-state index contributed by atoms with van der Waals surface area (Å²) in [5.41, 5.74) is 3.54. The van der Waals surface area contributed by atoms with Gasteiger partial charge in [0.05, 0.1) is 31.7 Å². The van der Waals surface area contributed by atoms with Gasteiger partial charge in [0.1, 0.15) is 23.0 Å². The molecule has 8 nitrogen and oxygen atoms in total. The number of hydrogen-bond acceptors (Lipinski definition) is 7. The summed E-state index contributed by atoms with van der Waals surface area (Å²) in [6.45, 7) is 2.77. The van der Waals surface area contributed by atoms with E-state index in [0.29, 0.717) is 55.7 Å². The van der Waals surface area contributed by atoms with E-state index < -0.39 is 10.0 Å². The SMILES string of the molecule is COc1ccc(NS(=O)(=O)c2cc(N=Cc3ccc(OCc4ccccc4)cc3)ccc2N2CCOCC2)cc1. The quantitative estimate of drug-likeness (QED) is 0.253. The minimum atomic E-state index is -3.92. The van der Waals surface area contributed by atoms with Crippen LogP contribution in [0.2, 0.25) is 0 Å². The van der Waals surface area contributed by atoms with Crippen molar-refractivity contribution >= 4 is 33.3 Å². The predicted octanol–water partition coefficient (Wildman–Crippen LogP) is 5.66. The fourth-order valence-electron chi connectivity index (χ4n) is 4.27. The van der Waals surface area contributed by atoms with Crippen molar-refractivity contribution in [3.8, 4) is 11.5 Å². The molecule has 4 aromatic carbocycles. The molecule has 206 valence electrons. The molecule has 1 fully saturated rings. The third-order valence-corrected chi connectivity index (χ3v) is 7.83. The maximum Gasteiger partial charge on any atom is 0.264 e. The molecule has 0 aromatic heterocycles. The van der Waals surface area contributed by atoms with Crippen LogP contribution in [-0.2, 0) is 21.4 Å². The summed E-state index contributed by atoms with van der Waals surface area (Å²) in [6.07, 6.45) is 1.71. The van der Waals surface area contributed by atoms with Crippen LogP contribution in [0.1, 0.15) is 11.1 Å². The van der Waals surface area contributed by atoms with Crippen LogP contribution in [0.5, 0.6) is 11.5 Å². The normalized spacial score (nSPS) is 13.8. The van der Waals surface area contributed by atoms with Gasteiger partial charge in [0, 0.05) is 25.0 Å². The number of morpholine rings is 1. The fourth-order valence-corrected chi connectivity index (χ4v) is 5.58. The molecule has 1 aliphatic heterocycles. The standard InChI is InChI=1S/C31H31N3O5S/c1-37-28-14-9-26(10-15-28)33-40(35,36)31-21-27(11-16-30(31)34-17-19-38-20-18-34)32-22-24-7-12-29(13-8-24)39-23-25-5-3-2-4-6-25/h2-16,21-22,33H,17-20,23H2,1H3. The Morgan fingerprint density at radius 3 is 2.30 bits per heavy atom. The Labute approximate surface area is 234 Å². The molecule has 0 spiro atoms. The molecule has 1 heterocycles. The first kappa shape index (κ1) is 27.2. The summed E-state index contributed by atoms with van der Waals surface area (Å²) in [5, 5.41) is 0. The number of ether oxygens (including phenoxy) is 3. The highest BCUT2D eigenvalue weighted by Gasteiger charge is 2.24. The molecule has 9 heteroatoms. The van der Waals surface area contributed by atoms with Crippen LogP contribution in [0.3, 0.4) is 0 Å². The van der Waals surface area contributed by atoms with Gasteiger partial charge in [0.15, 0.2) is 0 Å². The second-order valence-corrected chi connectivity index (χ2v) is 10.8. The lowest BCUT2D eigenvalue weighted by atomic mass is 10.2. The highest BCUT2D eigenvalue weighted by Crippen LogP contribution is 2.32. The molecule has 0 amide bonds. The molecule has 0 atom stereocenters. The van der Waals surface area contributed by atoms with E-state index in [1.165, 1.54) is 0 Å². The molecular weight excluding hydrogens is 526 g/mol. The van der Waals surface area contributed by atoms with Crippen LogP contribution in [-0.4, -0.2) is 48.0 Å². The van der Waals surface area contributed by atoms with E-state index in [1.807, 2.05) is 65.6 Å². The van der Waals surface area contributed by atoms with Gasteiger partial charge >= 0.3 is 0 Å². The van der Waals surface area contributed by atoms with Crippen LogP contribution < -0.4 is 19.1 Å². The van der Waals surface area contributed by atoms with Gasteiger partial charge in [-0.1, -0.05) is 30.3 Å². The van der Waals surface area contributed by atoms with Crippen LogP contribution in [0.15, 0.2) is 107 Å². The van der Waals surface area contributed by atoms with Crippen LogP contribution in [0.25, 0.3) is 0 Å². The molecule has 0 unspecified atom stereocenters. The number of nitrogens with one attached hydrogen (secondary N) is 1. The van der Waals surface area contributed by atoms with Gasteiger partial charge in [-0.25, -0.2) is 8.42 Å². The van der Waals surface area contributed by atoms with E-state index in [2.05, 4.69) is 9.71 Å². The second kappa shape index (κ2) is 12.7. The summed E-state index contributed by atoms with van der Waals surface area (Å²) in [7, 11) is -2.35. The maximum atomic E-state index is 13.6. The molecular formula is C31H31N3O5S. The van der Waals surface area contributed by atoms with Gasteiger partial charge in [-0.15, -0.1) is 0 Å². The fraction of sp³-hybridized carbons (Fsp3) is 0.194. The van der Waals surface area contributed by atoms with Crippen LogP contribution >= 0.6 is 0 Å². The van der Waals surface area contributed by atoms with Crippen molar-refractivity contribution in [2.24, 2.45) is 4.99 Å². The molecule has 1 saturated heterocycles. The molecule has 4 aromatic rings. The summed E-state index contributed by atoms with van der Waals surface area (Å²) >= 11 is 0. The summed E-state index contributed by atoms with van der Waals surface area (Å²) in [4.78, 5) is 6.75. The van der Waals surface area contributed by atoms with Crippen LogP contribution in [0.4, 0.5) is 17.1 Å². The third kappa shape index (κ3) is 6.99. The smallest absolute Gasteiger partial charge is 0.264 e. The average molecular weight is 558 g/mol. The number of anilines is 2. The Bertz CT molecular complexity index is 1530. The van der Waals surface area contributed by atoms with Gasteiger partial charge in [-0.3, -0.25) is 9.71 Å². The van der Waals surface area contributed by atoms with Crippen molar-refractivity contribution in [1.82, 2.24) is 0 Å². The van der Waals surface area contributed by atoms with E-state index in [1.54, 1.807) is 49.7 Å². The van der Waals surface area contributed by atoms with Gasteiger partial charge in [0.25, 0.3) is 10.0 Å². The van der Waals surface area contributed by atoms with Crippen molar-refractivity contribution in [3.63, 3.8) is 0 Å². The lowest BCUT2D eigenvalue weighted by Crippen LogP contribution is -2.37. The zero-order chi connectivity index (χ0) is 27.8. The molecule has 1 aliphatic rings. The van der Waals surface area contributed by atoms with Gasteiger partial charge in [0.2, 0.25) is 0 Å². The maximum absolute atomic E-state index is 13.6. The van der Waals surface area contributed by atoms with E-state index in [9.17, 15) is 8.42 Å². The average Bonchev–Trinajstić information content (AvgIpc) is 3.00. The Morgan fingerprint density at radius 2 is 1.60 bits per heavy atom. The van der Waals surface area contributed by atoms with Crippen LogP contribution in [0, 0.1) is 0 Å². The number of hydrogen-bond donors (Lipinski definition) is 1. The lowest BCUT2D eigenvalue weighted by Gasteiger charge is -2.30. The largest absolute Gasteiger partial charge is 0.497 e. The topological polar surface area (TPSA) is 89.5 Å². The third-order valence-electron chi connectivity index (χ3n) is 6.42. The van der Waals surface area contributed by atoms with Crippen molar-refractivity contribution in [1.29, 1.82) is 0 Å². The number of nitrogens with zero attached hydrogens (tertiary/aromatic N) is 2. The number of aliphatic imine (C=N–C) groups is 1. The highest BCUT2D eigenvalue weighted by molar-refractivity contribution is 7.92. The monoisotopic (exact) mass is 557 g/mol. The molecule has 0 radical (unpaired) electrons. The Balaban J connectivity index is 1.35. The highest BCUT2D eigenvalue weighted by atomic mass is 32.2. The molecule has 40 heavy (non-hydrogen) atoms. The zero-order valence-electron chi connectivity index (χ0n) is 22.2. The number of sulfonamides is 1. The molecule has 1 N–H and O–H groups in total. The van der Waals surface area contributed by atoms with E-state index in [-0.39, 0.29) is 4.90 Å². The van der Waals surface area contributed by atoms with Gasteiger partial charge in [-0.2, -0.15) is 0 Å². The van der Waals surface area contributed by atoms with Crippen molar-refractivity contribution < 1.29 is 22.6 Å². The van der Waals surface area contributed by atoms with Gasteiger partial charge < -0.3 is 19.1 Å². The van der Waals surface area contributed by atoms with Gasteiger partial charge in [-0.05, 0) is 77.9 Å². The predicted molar refractivity (Wildman–Crippen MR) is 158 cm³/mol. The molecule has 5 rings (SSSR count). The lowest BCUT2D eigenvalue weighted by molar-refractivity contribution is 0.122. The second-order valence-electron chi connectivity index (χ2n) is 9.19. The Hall–Kier alpha value is -4.34. The van der Waals surface area contributed by atoms with E-state index >= 15 is 0 Å². The number of methoxy groups -OCH3 is 1. The first-order valence-corrected chi connectivity index (χ1v) is 14.4. The summed E-state index contributed by atoms with van der Waals surface area (Å²) in [5.74, 6) is 1.40. The molecule has 0 saturated carbocycles. The Kier molecular flexibility index (Phi) is 8.63. The van der Waals surface area contributed by atoms with Crippen molar-refractivity contribution in [3.05, 3.63) is 108 Å². The van der Waals surface area contributed by atoms with E-state index in [4.69, 9.17) is 14.2 Å². The summed E-state index contributed by atoms with van der Waals surface area (Å²) < 4.78 is 46.4. The first-order valence-electron chi connectivity index (χ1n) is 12.9. The number of rotatable bonds is 10. The minimum Gasteiger partial charge on any atom is -0.497 e. The minimum absolute atomic E-state index is 0.157. The Morgan fingerprint density at radius 1 is 0.900 bits per heavy atom. The van der Waals surface area contributed by atoms with Crippen molar-refractivity contribution in [2.45, 2.75) is 11.5 Å². The van der Waals surface area contributed by atoms with E-state index in [0.717, 1.165) is 16.9 Å². The summed E-state index contributed by atoms with van der Waals surface area (Å²) in [6, 6.07) is 29.6. The molecule has 0 aliphatic carbocycles. The number of benzene rings is 4. The van der Waals surface area contributed by atoms with Crippen molar-refractivity contribution in [2.75, 3.05) is 43.0 Å². The zero-order valence-corrected chi connectivity index (χ0v) is 23.0.